The number of aliphatic hydroxyl groups excluding tert-OH is 1. The second-order valence-electron chi connectivity index (χ2n) is 5.94. The van der Waals surface area contributed by atoms with E-state index in [2.05, 4.69) is 25.2 Å². The Hall–Kier alpha value is -1.06. The molecule has 0 spiro atoms. The van der Waals surface area contributed by atoms with Gasteiger partial charge in [-0.25, -0.2) is 0 Å². The molecular weight excluding hydrogens is 250 g/mol. The summed E-state index contributed by atoms with van der Waals surface area (Å²) in [7, 11) is 0. The summed E-state index contributed by atoms with van der Waals surface area (Å²) in [5.74, 6) is 2.48. The molecule has 0 bridgehead atoms. The van der Waals surface area contributed by atoms with Crippen LogP contribution in [-0.2, 0) is 6.42 Å². The van der Waals surface area contributed by atoms with Crippen molar-refractivity contribution in [1.82, 2.24) is 5.32 Å². The smallest absolute Gasteiger partial charge is 0.119 e. The largest absolute Gasteiger partial charge is 0.491 e. The fraction of sp³-hybridized carbons (Fsp3) is 0.647. The molecule has 112 valence electrons. The van der Waals surface area contributed by atoms with Gasteiger partial charge in [0.25, 0.3) is 0 Å². The van der Waals surface area contributed by atoms with Crippen molar-refractivity contribution in [3.05, 3.63) is 29.8 Å². The van der Waals surface area contributed by atoms with E-state index in [0.717, 1.165) is 30.6 Å². The molecule has 0 heterocycles. The first-order chi connectivity index (χ1) is 9.69. The number of nitrogens with one attached hydrogen (secondary N) is 1. The van der Waals surface area contributed by atoms with Crippen LogP contribution in [-0.4, -0.2) is 30.9 Å². The van der Waals surface area contributed by atoms with Gasteiger partial charge in [0.2, 0.25) is 0 Å². The summed E-state index contributed by atoms with van der Waals surface area (Å²) >= 11 is 0. The van der Waals surface area contributed by atoms with Gasteiger partial charge in [-0.05, 0) is 55.3 Å². The van der Waals surface area contributed by atoms with Crippen LogP contribution in [0, 0.1) is 11.8 Å². The summed E-state index contributed by atoms with van der Waals surface area (Å²) in [6.07, 6.45) is 3.30. The second kappa shape index (κ2) is 7.65. The summed E-state index contributed by atoms with van der Waals surface area (Å²) in [6, 6.07) is 8.06. The van der Waals surface area contributed by atoms with E-state index in [0.29, 0.717) is 13.2 Å². The van der Waals surface area contributed by atoms with E-state index >= 15 is 0 Å². The van der Waals surface area contributed by atoms with Crippen molar-refractivity contribution in [2.45, 2.75) is 39.2 Å². The molecule has 2 rings (SSSR count). The Morgan fingerprint density at radius 2 is 2.15 bits per heavy atom. The Bertz CT molecular complexity index is 404. The highest BCUT2D eigenvalue weighted by atomic mass is 16.5. The topological polar surface area (TPSA) is 41.5 Å². The van der Waals surface area contributed by atoms with Gasteiger partial charge in [0, 0.05) is 6.54 Å². The Labute approximate surface area is 122 Å². The number of ether oxygens (including phenoxy) is 1. The molecule has 0 radical (unpaired) electrons. The molecule has 3 heteroatoms. The highest BCUT2D eigenvalue weighted by Crippen LogP contribution is 2.35. The molecule has 0 aromatic heterocycles. The molecule has 0 amide bonds. The lowest BCUT2D eigenvalue weighted by Gasteiger charge is -2.16. The Morgan fingerprint density at radius 3 is 2.85 bits per heavy atom. The minimum atomic E-state index is -0.452. The molecule has 1 aliphatic rings. The standard InChI is InChI=1S/C17H27NO2/c1-3-14-5-4-6-17(9-14)20-12-16(19)11-18-10-13(2)15-7-8-15/h4-6,9,13,15-16,18-19H,3,7-8,10-12H2,1-2H3. The molecule has 1 aromatic carbocycles. The van der Waals surface area contributed by atoms with Gasteiger partial charge in [0.15, 0.2) is 0 Å². The molecule has 2 N–H and O–H groups in total. The van der Waals surface area contributed by atoms with Gasteiger partial charge in [-0.3, -0.25) is 0 Å². The van der Waals surface area contributed by atoms with Crippen molar-refractivity contribution in [3.63, 3.8) is 0 Å². The molecule has 2 unspecified atom stereocenters. The third kappa shape index (κ3) is 5.14. The highest BCUT2D eigenvalue weighted by Gasteiger charge is 2.27. The molecule has 2 atom stereocenters. The van der Waals surface area contributed by atoms with E-state index in [1.165, 1.54) is 18.4 Å². The minimum Gasteiger partial charge on any atom is -0.491 e. The van der Waals surface area contributed by atoms with E-state index in [4.69, 9.17) is 4.74 Å². The molecule has 3 nitrogen and oxygen atoms in total. The Balaban J connectivity index is 1.62. The SMILES string of the molecule is CCc1cccc(OCC(O)CNCC(C)C2CC2)c1. The zero-order valence-corrected chi connectivity index (χ0v) is 12.6. The number of aliphatic hydroxyl groups is 1. The molecule has 0 aliphatic heterocycles. The lowest BCUT2D eigenvalue weighted by atomic mass is 10.1. The fourth-order valence-electron chi connectivity index (χ4n) is 2.42. The van der Waals surface area contributed by atoms with Crippen molar-refractivity contribution in [1.29, 1.82) is 0 Å². The van der Waals surface area contributed by atoms with Gasteiger partial charge in [0.05, 0.1) is 0 Å². The average molecular weight is 277 g/mol. The number of rotatable bonds is 9. The van der Waals surface area contributed by atoms with Crippen LogP contribution >= 0.6 is 0 Å². The molecule has 0 saturated heterocycles. The van der Waals surface area contributed by atoms with Gasteiger partial charge in [0.1, 0.15) is 18.5 Å². The lowest BCUT2D eigenvalue weighted by Crippen LogP contribution is -2.34. The predicted octanol–water partition coefficient (Wildman–Crippen LogP) is 2.62. The van der Waals surface area contributed by atoms with Crippen LogP contribution in [0.3, 0.4) is 0 Å². The predicted molar refractivity (Wildman–Crippen MR) is 82.1 cm³/mol. The van der Waals surface area contributed by atoms with Gasteiger partial charge in [-0.2, -0.15) is 0 Å². The number of aryl methyl sites for hydroxylation is 1. The van der Waals surface area contributed by atoms with E-state index in [-0.39, 0.29) is 0 Å². The summed E-state index contributed by atoms with van der Waals surface area (Å²) in [6.45, 7) is 6.35. The van der Waals surface area contributed by atoms with Crippen LogP contribution in [0.1, 0.15) is 32.3 Å². The zero-order chi connectivity index (χ0) is 14.4. The van der Waals surface area contributed by atoms with E-state index in [1.54, 1.807) is 0 Å². The van der Waals surface area contributed by atoms with Crippen molar-refractivity contribution in [2.75, 3.05) is 19.7 Å². The fourth-order valence-corrected chi connectivity index (χ4v) is 2.42. The van der Waals surface area contributed by atoms with E-state index in [9.17, 15) is 5.11 Å². The quantitative estimate of drug-likeness (QED) is 0.729. The van der Waals surface area contributed by atoms with Crippen LogP contribution in [0.15, 0.2) is 24.3 Å². The third-order valence-corrected chi connectivity index (χ3v) is 4.02. The lowest BCUT2D eigenvalue weighted by molar-refractivity contribution is 0.105. The monoisotopic (exact) mass is 277 g/mol. The highest BCUT2D eigenvalue weighted by molar-refractivity contribution is 5.28. The van der Waals surface area contributed by atoms with Crippen LogP contribution in [0.2, 0.25) is 0 Å². The maximum atomic E-state index is 9.92. The van der Waals surface area contributed by atoms with Crippen molar-refractivity contribution < 1.29 is 9.84 Å². The molecule has 1 aliphatic carbocycles. The maximum absolute atomic E-state index is 9.92. The Kier molecular flexibility index (Phi) is 5.86. The number of benzene rings is 1. The molecule has 1 fully saturated rings. The van der Waals surface area contributed by atoms with Gasteiger partial charge >= 0.3 is 0 Å². The van der Waals surface area contributed by atoms with Crippen LogP contribution < -0.4 is 10.1 Å². The maximum Gasteiger partial charge on any atom is 0.119 e. The number of hydrogen-bond acceptors (Lipinski definition) is 3. The average Bonchev–Trinajstić information content (AvgIpc) is 3.30. The molecule has 1 aromatic rings. The normalized spacial score (nSPS) is 17.8. The molecule has 20 heavy (non-hydrogen) atoms. The Morgan fingerprint density at radius 1 is 1.35 bits per heavy atom. The summed E-state index contributed by atoms with van der Waals surface area (Å²) < 4.78 is 5.64. The van der Waals surface area contributed by atoms with Crippen LogP contribution in [0.5, 0.6) is 5.75 Å². The van der Waals surface area contributed by atoms with Crippen molar-refractivity contribution in [3.8, 4) is 5.75 Å². The second-order valence-corrected chi connectivity index (χ2v) is 5.94. The first kappa shape index (κ1) is 15.3. The number of hydrogen-bond donors (Lipinski definition) is 2. The zero-order valence-electron chi connectivity index (χ0n) is 12.6. The molecule has 1 saturated carbocycles. The minimum absolute atomic E-state index is 0.345. The van der Waals surface area contributed by atoms with Crippen molar-refractivity contribution >= 4 is 0 Å². The van der Waals surface area contributed by atoms with Crippen LogP contribution in [0.4, 0.5) is 0 Å². The summed E-state index contributed by atoms with van der Waals surface area (Å²) in [5, 5.41) is 13.3. The first-order valence-electron chi connectivity index (χ1n) is 7.79. The van der Waals surface area contributed by atoms with Crippen molar-refractivity contribution in [2.24, 2.45) is 11.8 Å². The summed E-state index contributed by atoms with van der Waals surface area (Å²) in [5.41, 5.74) is 1.26. The van der Waals surface area contributed by atoms with E-state index < -0.39 is 6.10 Å². The van der Waals surface area contributed by atoms with Gasteiger partial charge < -0.3 is 15.2 Å². The third-order valence-electron chi connectivity index (χ3n) is 4.02. The van der Waals surface area contributed by atoms with Gasteiger partial charge in [-0.15, -0.1) is 0 Å². The molecular formula is C17H27NO2. The van der Waals surface area contributed by atoms with Crippen LogP contribution in [0.25, 0.3) is 0 Å². The van der Waals surface area contributed by atoms with Gasteiger partial charge in [-0.1, -0.05) is 26.0 Å². The first-order valence-corrected chi connectivity index (χ1v) is 7.79. The van der Waals surface area contributed by atoms with E-state index in [1.807, 2.05) is 18.2 Å². The summed E-state index contributed by atoms with van der Waals surface area (Å²) in [4.78, 5) is 0.